The largest absolute Gasteiger partial charge is 0.394 e. The fourth-order valence-electron chi connectivity index (χ4n) is 4.33. The highest BCUT2D eigenvalue weighted by Crippen LogP contribution is 2.47. The van der Waals surface area contributed by atoms with E-state index in [1.165, 1.54) is 10.4 Å². The van der Waals surface area contributed by atoms with Crippen molar-refractivity contribution >= 4 is 41.3 Å². The van der Waals surface area contributed by atoms with Crippen molar-refractivity contribution in [2.75, 3.05) is 25.1 Å². The first-order valence-corrected chi connectivity index (χ1v) is 11.4. The summed E-state index contributed by atoms with van der Waals surface area (Å²) in [6, 6.07) is 2.51. The van der Waals surface area contributed by atoms with Crippen LogP contribution in [0.25, 0.3) is 0 Å². The second kappa shape index (κ2) is 9.27. The molecule has 4 rings (SSSR count). The van der Waals surface area contributed by atoms with Crippen molar-refractivity contribution in [2.45, 2.75) is 63.8 Å². The van der Waals surface area contributed by atoms with Crippen LogP contribution in [0.4, 0.5) is 5.95 Å². The third-order valence-corrected chi connectivity index (χ3v) is 7.29. The van der Waals surface area contributed by atoms with Gasteiger partial charge < -0.3 is 15.2 Å². The molecule has 6 nitrogen and oxygen atoms in total. The van der Waals surface area contributed by atoms with Crippen LogP contribution in [0.3, 0.4) is 0 Å². The van der Waals surface area contributed by atoms with E-state index in [0.29, 0.717) is 12.0 Å². The standard InChI is InChI=1S/C21H29ClN4O2S.ClH/c1-14-9-21(16-8-18(22)29-17(16)4-7-28-21)5-6-26(14)12-15-10-23-19(24-11-15)25-20(2,3)13-27;/h8,10-11,14,27H,4-7,9,12-13H2,1-3H3,(H,23,24,25);1H/t14-,21+;/m0./s1. The number of hydrogen-bond acceptors (Lipinski definition) is 7. The molecule has 9 heteroatoms. The predicted octanol–water partition coefficient (Wildman–Crippen LogP) is 4.25. The Hall–Kier alpha value is -0.960. The second-order valence-electron chi connectivity index (χ2n) is 8.84. The highest BCUT2D eigenvalue weighted by molar-refractivity contribution is 7.16. The number of aliphatic hydroxyl groups is 1. The van der Waals surface area contributed by atoms with Gasteiger partial charge in [-0.1, -0.05) is 11.6 Å². The predicted molar refractivity (Wildman–Crippen MR) is 124 cm³/mol. The Morgan fingerprint density at radius 2 is 2.13 bits per heavy atom. The summed E-state index contributed by atoms with van der Waals surface area (Å²) in [4.78, 5) is 12.7. The molecule has 1 saturated heterocycles. The van der Waals surface area contributed by atoms with E-state index < -0.39 is 5.54 Å². The van der Waals surface area contributed by atoms with Crippen molar-refractivity contribution in [1.29, 1.82) is 0 Å². The van der Waals surface area contributed by atoms with Gasteiger partial charge in [-0.15, -0.1) is 23.7 Å². The fraction of sp³-hybridized carbons (Fsp3) is 0.619. The molecule has 30 heavy (non-hydrogen) atoms. The first-order valence-electron chi connectivity index (χ1n) is 10.2. The highest BCUT2D eigenvalue weighted by atomic mass is 35.5. The molecule has 166 valence electrons. The lowest BCUT2D eigenvalue weighted by Crippen LogP contribution is -2.50. The molecule has 0 unspecified atom stereocenters. The van der Waals surface area contributed by atoms with Crippen molar-refractivity contribution in [3.8, 4) is 0 Å². The van der Waals surface area contributed by atoms with E-state index in [-0.39, 0.29) is 24.6 Å². The molecule has 2 aliphatic rings. The number of piperidine rings is 1. The Kier molecular flexibility index (Phi) is 7.32. The first kappa shape index (κ1) is 23.7. The van der Waals surface area contributed by atoms with Crippen molar-refractivity contribution in [3.05, 3.63) is 38.8 Å². The van der Waals surface area contributed by atoms with Crippen molar-refractivity contribution in [2.24, 2.45) is 0 Å². The lowest BCUT2D eigenvalue weighted by atomic mass is 9.79. The zero-order chi connectivity index (χ0) is 20.6. The lowest BCUT2D eigenvalue weighted by molar-refractivity contribution is -0.112. The minimum atomic E-state index is -0.444. The van der Waals surface area contributed by atoms with E-state index in [1.54, 1.807) is 11.3 Å². The monoisotopic (exact) mass is 472 g/mol. The molecule has 0 bridgehead atoms. The Morgan fingerprint density at radius 3 is 2.80 bits per heavy atom. The normalized spacial score (nSPS) is 24.4. The quantitative estimate of drug-likeness (QED) is 0.677. The van der Waals surface area contributed by atoms with E-state index in [0.717, 1.165) is 48.9 Å². The molecular formula is C21H30Cl2N4O2S. The Morgan fingerprint density at radius 1 is 1.40 bits per heavy atom. The molecule has 0 aromatic carbocycles. The van der Waals surface area contributed by atoms with Gasteiger partial charge in [-0.05, 0) is 45.2 Å². The van der Waals surface area contributed by atoms with Gasteiger partial charge >= 0.3 is 0 Å². The summed E-state index contributed by atoms with van der Waals surface area (Å²) in [5, 5.41) is 12.5. The van der Waals surface area contributed by atoms with Crippen LogP contribution >= 0.6 is 35.3 Å². The molecular weight excluding hydrogens is 443 g/mol. The second-order valence-corrected chi connectivity index (χ2v) is 10.6. The Bertz CT molecular complexity index is 861. The summed E-state index contributed by atoms with van der Waals surface area (Å²) in [6.45, 7) is 8.67. The van der Waals surface area contributed by atoms with Crippen LogP contribution < -0.4 is 5.32 Å². The van der Waals surface area contributed by atoms with Gasteiger partial charge in [0.15, 0.2) is 0 Å². The maximum atomic E-state index is 9.38. The van der Waals surface area contributed by atoms with E-state index in [4.69, 9.17) is 16.3 Å². The minimum absolute atomic E-state index is 0. The number of nitrogens with zero attached hydrogens (tertiary/aromatic N) is 3. The zero-order valence-corrected chi connectivity index (χ0v) is 20.0. The average Bonchev–Trinajstić information content (AvgIpc) is 3.07. The van der Waals surface area contributed by atoms with Gasteiger partial charge in [0.25, 0.3) is 0 Å². The summed E-state index contributed by atoms with van der Waals surface area (Å²) >= 11 is 8.01. The number of nitrogens with one attached hydrogen (secondary N) is 1. The maximum Gasteiger partial charge on any atom is 0.223 e. The van der Waals surface area contributed by atoms with Gasteiger partial charge in [0.1, 0.15) is 0 Å². The maximum absolute atomic E-state index is 9.38. The lowest BCUT2D eigenvalue weighted by Gasteiger charge is -2.47. The summed E-state index contributed by atoms with van der Waals surface area (Å²) in [7, 11) is 0. The number of ether oxygens (including phenoxy) is 1. The van der Waals surface area contributed by atoms with E-state index in [1.807, 2.05) is 26.2 Å². The molecule has 2 aromatic rings. The number of hydrogen-bond donors (Lipinski definition) is 2. The SMILES string of the molecule is C[C@H]1C[C@@]2(CCN1Cc1cnc(NC(C)(C)CO)nc1)OCCc1sc(Cl)cc12.Cl. The van der Waals surface area contributed by atoms with Gasteiger partial charge in [0.2, 0.25) is 5.95 Å². The molecule has 2 N–H and O–H groups in total. The number of aromatic nitrogens is 2. The number of halogens is 2. The highest BCUT2D eigenvalue weighted by Gasteiger charge is 2.44. The number of likely N-dealkylation sites (tertiary alicyclic amines) is 1. The van der Waals surface area contributed by atoms with E-state index in [2.05, 4.69) is 33.2 Å². The van der Waals surface area contributed by atoms with Crippen molar-refractivity contribution in [1.82, 2.24) is 14.9 Å². The number of rotatable bonds is 5. The zero-order valence-electron chi connectivity index (χ0n) is 17.7. The Labute approximate surface area is 193 Å². The molecule has 4 heterocycles. The van der Waals surface area contributed by atoms with Crippen LogP contribution in [0.5, 0.6) is 0 Å². The minimum Gasteiger partial charge on any atom is -0.394 e. The number of anilines is 1. The molecule has 2 aromatic heterocycles. The van der Waals surface area contributed by atoms with Crippen molar-refractivity contribution in [3.63, 3.8) is 0 Å². The molecule has 1 fully saturated rings. The third kappa shape index (κ3) is 4.92. The number of aliphatic hydroxyl groups excluding tert-OH is 1. The van der Waals surface area contributed by atoms with Gasteiger partial charge in [-0.2, -0.15) is 0 Å². The summed E-state index contributed by atoms with van der Waals surface area (Å²) < 4.78 is 7.22. The van der Waals surface area contributed by atoms with Crippen LogP contribution in [-0.4, -0.2) is 51.3 Å². The fourth-order valence-corrected chi connectivity index (χ4v) is 5.67. The topological polar surface area (TPSA) is 70.5 Å². The van der Waals surface area contributed by atoms with Crippen LogP contribution in [0.2, 0.25) is 4.34 Å². The molecule has 0 saturated carbocycles. The number of fused-ring (bicyclic) bond motifs is 2. The third-order valence-electron chi connectivity index (χ3n) is 5.97. The van der Waals surface area contributed by atoms with E-state index >= 15 is 0 Å². The van der Waals surface area contributed by atoms with Gasteiger partial charge in [-0.25, -0.2) is 9.97 Å². The Balaban J connectivity index is 0.00000256. The molecule has 2 atom stereocenters. The van der Waals surface area contributed by atoms with Crippen LogP contribution in [0.15, 0.2) is 18.5 Å². The molecule has 1 spiro atoms. The molecule has 0 amide bonds. The molecule has 0 radical (unpaired) electrons. The average molecular weight is 473 g/mol. The van der Waals surface area contributed by atoms with Gasteiger partial charge in [-0.3, -0.25) is 4.90 Å². The van der Waals surface area contributed by atoms with Gasteiger partial charge in [0, 0.05) is 48.4 Å². The molecule has 0 aliphatic carbocycles. The molecule has 2 aliphatic heterocycles. The summed E-state index contributed by atoms with van der Waals surface area (Å²) in [5.41, 5.74) is 1.77. The summed E-state index contributed by atoms with van der Waals surface area (Å²) in [5.74, 6) is 0.538. The van der Waals surface area contributed by atoms with Crippen LogP contribution in [0.1, 0.15) is 49.6 Å². The van der Waals surface area contributed by atoms with Crippen LogP contribution in [0, 0.1) is 0 Å². The number of thiophene rings is 1. The van der Waals surface area contributed by atoms with Gasteiger partial charge in [0.05, 0.1) is 28.7 Å². The van der Waals surface area contributed by atoms with E-state index in [9.17, 15) is 5.11 Å². The smallest absolute Gasteiger partial charge is 0.223 e. The van der Waals surface area contributed by atoms with Crippen LogP contribution in [-0.2, 0) is 23.3 Å². The first-order chi connectivity index (χ1) is 13.8. The summed E-state index contributed by atoms with van der Waals surface area (Å²) in [6.07, 6.45) is 6.65. The van der Waals surface area contributed by atoms with Crippen molar-refractivity contribution < 1.29 is 9.84 Å².